The van der Waals surface area contributed by atoms with Crippen LogP contribution >= 0.6 is 0 Å². The Morgan fingerprint density at radius 2 is 1.95 bits per heavy atom. The highest BCUT2D eigenvalue weighted by Gasteiger charge is 2.14. The predicted octanol–water partition coefficient (Wildman–Crippen LogP) is 3.99. The third kappa shape index (κ3) is 5.65. The molecule has 19 heavy (non-hydrogen) atoms. The quantitative estimate of drug-likeness (QED) is 0.834. The zero-order valence-corrected chi connectivity index (χ0v) is 13.5. The zero-order chi connectivity index (χ0) is 14.5. The first-order valence-electron chi connectivity index (χ1n) is 7.42. The number of anilines is 1. The summed E-state index contributed by atoms with van der Waals surface area (Å²) in [6.45, 7) is 15.5. The van der Waals surface area contributed by atoms with Gasteiger partial charge >= 0.3 is 0 Å². The maximum Gasteiger partial charge on any atom is 0.0371 e. The van der Waals surface area contributed by atoms with Crippen molar-refractivity contribution in [1.82, 2.24) is 5.32 Å². The molecule has 1 N–H and O–H groups in total. The fourth-order valence-electron chi connectivity index (χ4n) is 2.37. The van der Waals surface area contributed by atoms with Gasteiger partial charge in [0.15, 0.2) is 0 Å². The molecular weight excluding hydrogens is 232 g/mol. The summed E-state index contributed by atoms with van der Waals surface area (Å²) in [4.78, 5) is 2.48. The number of rotatable bonds is 6. The number of hydrogen-bond acceptors (Lipinski definition) is 2. The third-order valence-corrected chi connectivity index (χ3v) is 3.42. The number of benzene rings is 1. The highest BCUT2D eigenvalue weighted by atomic mass is 15.2. The average molecular weight is 262 g/mol. The molecule has 1 atom stereocenters. The summed E-state index contributed by atoms with van der Waals surface area (Å²) in [5.41, 5.74) is 2.88. The zero-order valence-electron chi connectivity index (χ0n) is 13.5. The topological polar surface area (TPSA) is 15.3 Å². The first-order valence-corrected chi connectivity index (χ1v) is 7.42. The van der Waals surface area contributed by atoms with Gasteiger partial charge in [0.2, 0.25) is 0 Å². The van der Waals surface area contributed by atoms with Gasteiger partial charge in [0, 0.05) is 23.8 Å². The first-order chi connectivity index (χ1) is 8.83. The van der Waals surface area contributed by atoms with E-state index in [-0.39, 0.29) is 5.54 Å². The summed E-state index contributed by atoms with van der Waals surface area (Å²) < 4.78 is 0. The van der Waals surface area contributed by atoms with Crippen LogP contribution in [0.2, 0.25) is 0 Å². The summed E-state index contributed by atoms with van der Waals surface area (Å²) in [6.07, 6.45) is 1.17. The Labute approximate surface area is 119 Å². The van der Waals surface area contributed by atoms with Crippen molar-refractivity contribution in [3.8, 4) is 0 Å². The molecule has 0 saturated heterocycles. The highest BCUT2D eigenvalue weighted by Crippen LogP contribution is 2.19. The second kappa shape index (κ2) is 6.95. The molecule has 0 fully saturated rings. The van der Waals surface area contributed by atoms with E-state index >= 15 is 0 Å². The molecule has 1 aromatic rings. The molecule has 0 aromatic heterocycles. The molecule has 0 amide bonds. The Kier molecular flexibility index (Phi) is 5.86. The fraction of sp³-hybridized carbons (Fsp3) is 0.647. The minimum Gasteiger partial charge on any atom is -0.369 e. The molecule has 2 nitrogen and oxygen atoms in total. The van der Waals surface area contributed by atoms with Gasteiger partial charge in [-0.05, 0) is 72.2 Å². The second-order valence-corrected chi connectivity index (χ2v) is 6.44. The summed E-state index contributed by atoms with van der Waals surface area (Å²) in [5, 5.41) is 3.57. The molecule has 0 spiro atoms. The summed E-state index contributed by atoms with van der Waals surface area (Å²) in [6, 6.07) is 9.35. The van der Waals surface area contributed by atoms with Gasteiger partial charge in [-0.1, -0.05) is 12.1 Å². The van der Waals surface area contributed by atoms with Crippen molar-refractivity contribution in [2.45, 2.75) is 59.5 Å². The fourth-order valence-corrected chi connectivity index (χ4v) is 2.37. The van der Waals surface area contributed by atoms with Gasteiger partial charge in [0.25, 0.3) is 0 Å². The molecule has 0 aliphatic rings. The molecular formula is C17H30N2. The normalized spacial score (nSPS) is 13.4. The first kappa shape index (κ1) is 16.0. The lowest BCUT2D eigenvalue weighted by atomic mass is 10.1. The summed E-state index contributed by atoms with van der Waals surface area (Å²) >= 11 is 0. The molecule has 2 heteroatoms. The smallest absolute Gasteiger partial charge is 0.0371 e. The highest BCUT2D eigenvalue weighted by molar-refractivity contribution is 5.49. The molecule has 0 aliphatic carbocycles. The summed E-state index contributed by atoms with van der Waals surface area (Å²) in [7, 11) is 0. The number of hydrogen-bond donors (Lipinski definition) is 1. The van der Waals surface area contributed by atoms with Crippen molar-refractivity contribution in [1.29, 1.82) is 0 Å². The summed E-state index contributed by atoms with van der Waals surface area (Å²) in [5.74, 6) is 0. The van der Waals surface area contributed by atoms with Crippen LogP contribution in [0.5, 0.6) is 0 Å². The molecule has 0 radical (unpaired) electrons. The monoisotopic (exact) mass is 262 g/mol. The molecule has 0 bridgehead atoms. The molecule has 1 aromatic carbocycles. The largest absolute Gasteiger partial charge is 0.369 e. The van der Waals surface area contributed by atoms with Crippen LogP contribution in [0.1, 0.15) is 46.6 Å². The SMILES string of the molecule is CCN(c1cccc(C)c1)C(C)CCNC(C)(C)C. The van der Waals surface area contributed by atoms with E-state index in [1.54, 1.807) is 0 Å². The van der Waals surface area contributed by atoms with Crippen molar-refractivity contribution in [3.63, 3.8) is 0 Å². The van der Waals surface area contributed by atoms with E-state index in [2.05, 4.69) is 76.0 Å². The van der Waals surface area contributed by atoms with Gasteiger partial charge in [0.05, 0.1) is 0 Å². The van der Waals surface area contributed by atoms with E-state index in [4.69, 9.17) is 0 Å². The van der Waals surface area contributed by atoms with Gasteiger partial charge in [0.1, 0.15) is 0 Å². The Balaban J connectivity index is 2.59. The molecule has 0 saturated carbocycles. The third-order valence-electron chi connectivity index (χ3n) is 3.42. The van der Waals surface area contributed by atoms with Gasteiger partial charge in [-0.3, -0.25) is 0 Å². The van der Waals surface area contributed by atoms with Crippen LogP contribution in [0, 0.1) is 6.92 Å². The van der Waals surface area contributed by atoms with Gasteiger partial charge in [-0.25, -0.2) is 0 Å². The molecule has 0 heterocycles. The van der Waals surface area contributed by atoms with E-state index in [0.29, 0.717) is 6.04 Å². The Morgan fingerprint density at radius 3 is 2.47 bits per heavy atom. The molecule has 1 unspecified atom stereocenters. The van der Waals surface area contributed by atoms with Crippen LogP contribution < -0.4 is 10.2 Å². The average Bonchev–Trinajstić information content (AvgIpc) is 2.28. The van der Waals surface area contributed by atoms with Gasteiger partial charge in [-0.2, -0.15) is 0 Å². The number of nitrogens with zero attached hydrogens (tertiary/aromatic N) is 1. The standard InChI is InChI=1S/C17H30N2/c1-7-19(16-10-8-9-14(2)13-16)15(3)11-12-18-17(4,5)6/h8-10,13,15,18H,7,11-12H2,1-6H3. The van der Waals surface area contributed by atoms with Crippen molar-refractivity contribution >= 4 is 5.69 Å². The molecule has 1 rings (SSSR count). The van der Waals surface area contributed by atoms with Crippen LogP contribution in [0.3, 0.4) is 0 Å². The van der Waals surface area contributed by atoms with E-state index in [1.165, 1.54) is 17.7 Å². The Morgan fingerprint density at radius 1 is 1.26 bits per heavy atom. The molecule has 0 aliphatic heterocycles. The van der Waals surface area contributed by atoms with Crippen molar-refractivity contribution in [3.05, 3.63) is 29.8 Å². The lowest BCUT2D eigenvalue weighted by Gasteiger charge is -2.31. The number of aryl methyl sites for hydroxylation is 1. The van der Waals surface area contributed by atoms with Crippen LogP contribution in [-0.4, -0.2) is 24.7 Å². The second-order valence-electron chi connectivity index (χ2n) is 6.44. The Bertz CT molecular complexity index is 379. The van der Waals surface area contributed by atoms with E-state index < -0.39 is 0 Å². The van der Waals surface area contributed by atoms with Crippen molar-refractivity contribution in [2.24, 2.45) is 0 Å². The van der Waals surface area contributed by atoms with Crippen molar-refractivity contribution in [2.75, 3.05) is 18.0 Å². The van der Waals surface area contributed by atoms with Gasteiger partial charge < -0.3 is 10.2 Å². The predicted molar refractivity (Wildman–Crippen MR) is 86.0 cm³/mol. The van der Waals surface area contributed by atoms with Crippen LogP contribution in [0.15, 0.2) is 24.3 Å². The Hall–Kier alpha value is -1.02. The van der Waals surface area contributed by atoms with Crippen LogP contribution in [0.25, 0.3) is 0 Å². The van der Waals surface area contributed by atoms with Crippen molar-refractivity contribution < 1.29 is 0 Å². The maximum absolute atomic E-state index is 3.57. The van der Waals surface area contributed by atoms with Crippen LogP contribution in [-0.2, 0) is 0 Å². The van der Waals surface area contributed by atoms with Crippen LogP contribution in [0.4, 0.5) is 5.69 Å². The number of nitrogens with one attached hydrogen (secondary N) is 1. The molecule has 108 valence electrons. The minimum absolute atomic E-state index is 0.208. The van der Waals surface area contributed by atoms with E-state index in [9.17, 15) is 0 Å². The maximum atomic E-state index is 3.57. The van der Waals surface area contributed by atoms with Gasteiger partial charge in [-0.15, -0.1) is 0 Å². The van der Waals surface area contributed by atoms with E-state index in [1.807, 2.05) is 0 Å². The lowest BCUT2D eigenvalue weighted by molar-refractivity contribution is 0.409. The minimum atomic E-state index is 0.208. The lowest BCUT2D eigenvalue weighted by Crippen LogP contribution is -2.40. The van der Waals surface area contributed by atoms with E-state index in [0.717, 1.165) is 13.1 Å².